The van der Waals surface area contributed by atoms with Crippen molar-refractivity contribution >= 4 is 40.3 Å². The molecule has 0 aromatic heterocycles. The van der Waals surface area contributed by atoms with Crippen molar-refractivity contribution in [3.05, 3.63) is 74.9 Å². The van der Waals surface area contributed by atoms with Crippen LogP contribution in [-0.2, 0) is 4.79 Å². The monoisotopic (exact) mass is 458 g/mol. The number of halogens is 1. The van der Waals surface area contributed by atoms with E-state index in [1.807, 2.05) is 50.2 Å². The first kappa shape index (κ1) is 19.7. The number of carbonyl (C=O) groups is 1. The molecule has 0 saturated carbocycles. The first-order valence-electron chi connectivity index (χ1n) is 7.98. The summed E-state index contributed by atoms with van der Waals surface area (Å²) in [7, 11) is 0. The Kier molecular flexibility index (Phi) is 6.98. The number of anilines is 1. The summed E-state index contributed by atoms with van der Waals surface area (Å²) in [5.74, 6) is 0.304. The van der Waals surface area contributed by atoms with Gasteiger partial charge >= 0.3 is 0 Å². The summed E-state index contributed by atoms with van der Waals surface area (Å²) in [6.45, 7) is 8.03. The van der Waals surface area contributed by atoms with E-state index < -0.39 is 5.91 Å². The summed E-state index contributed by atoms with van der Waals surface area (Å²) in [4.78, 5) is 12.4. The highest BCUT2D eigenvalue weighted by Crippen LogP contribution is 2.23. The van der Waals surface area contributed by atoms with E-state index in [1.54, 1.807) is 18.2 Å². The second kappa shape index (κ2) is 9.20. The molecule has 0 unspecified atom stereocenters. The number of nitrogens with one attached hydrogen (secondary N) is 1. The molecule has 0 aliphatic carbocycles. The van der Waals surface area contributed by atoms with Crippen molar-refractivity contribution in [1.29, 1.82) is 5.26 Å². The number of hydrogen-bond donors (Lipinski definition) is 1. The number of aryl methyl sites for hydroxylation is 2. The maximum Gasteiger partial charge on any atom is 0.266 e. The molecule has 0 aliphatic heterocycles. The van der Waals surface area contributed by atoms with Crippen LogP contribution in [0.3, 0.4) is 0 Å². The number of hydrogen-bond acceptors (Lipinski definition) is 3. The van der Waals surface area contributed by atoms with Crippen molar-refractivity contribution in [3.63, 3.8) is 0 Å². The fraction of sp³-hybridized carbons (Fsp3) is 0.143. The number of nitriles is 1. The molecular weight excluding hydrogens is 439 g/mol. The van der Waals surface area contributed by atoms with Gasteiger partial charge in [-0.25, -0.2) is 0 Å². The third kappa shape index (κ3) is 5.20. The van der Waals surface area contributed by atoms with Gasteiger partial charge < -0.3 is 10.1 Å². The van der Waals surface area contributed by atoms with Crippen LogP contribution >= 0.6 is 22.6 Å². The number of carbonyl (C=O) groups excluding carboxylic acids is 1. The van der Waals surface area contributed by atoms with Gasteiger partial charge in [-0.15, -0.1) is 0 Å². The van der Waals surface area contributed by atoms with Gasteiger partial charge in [0, 0.05) is 5.69 Å². The largest absolute Gasteiger partial charge is 0.488 e. The lowest BCUT2D eigenvalue weighted by atomic mass is 10.1. The smallest absolute Gasteiger partial charge is 0.266 e. The van der Waals surface area contributed by atoms with Crippen molar-refractivity contribution in [2.24, 2.45) is 0 Å². The predicted octanol–water partition coefficient (Wildman–Crippen LogP) is 5.02. The molecule has 0 radical (unpaired) electrons. The van der Waals surface area contributed by atoms with Gasteiger partial charge in [-0.2, -0.15) is 5.26 Å². The normalized spacial score (nSPS) is 10.8. The highest BCUT2D eigenvalue weighted by molar-refractivity contribution is 14.1. The lowest BCUT2D eigenvalue weighted by Gasteiger charge is -2.08. The highest BCUT2D eigenvalue weighted by atomic mass is 127. The molecule has 0 spiro atoms. The maximum absolute atomic E-state index is 12.4. The molecule has 26 heavy (non-hydrogen) atoms. The zero-order chi connectivity index (χ0) is 19.1. The van der Waals surface area contributed by atoms with E-state index in [1.165, 1.54) is 0 Å². The molecule has 2 aromatic carbocycles. The minimum absolute atomic E-state index is 0.0405. The molecule has 5 heteroatoms. The minimum Gasteiger partial charge on any atom is -0.488 e. The van der Waals surface area contributed by atoms with Crippen LogP contribution in [0.4, 0.5) is 5.69 Å². The number of benzene rings is 2. The van der Waals surface area contributed by atoms with Gasteiger partial charge in [-0.05, 0) is 83.5 Å². The van der Waals surface area contributed by atoms with Crippen LogP contribution in [0, 0.1) is 28.7 Å². The Labute approximate surface area is 167 Å². The molecule has 0 aliphatic rings. The molecule has 0 atom stereocenters. The molecule has 0 fully saturated rings. The Hall–Kier alpha value is -2.59. The van der Waals surface area contributed by atoms with Crippen molar-refractivity contribution in [2.75, 3.05) is 11.9 Å². The third-order valence-corrected chi connectivity index (χ3v) is 4.60. The molecule has 1 amide bonds. The standard InChI is InChI=1S/C21H19IN2O2/c1-4-9-26-20-8-6-16(12-19(20)22)11-17(13-23)21(25)24-18-7-5-14(2)15(3)10-18/h4-8,10-12H,1,9H2,2-3H3,(H,24,25)/b17-11+. The molecular formula is C21H19IN2O2. The van der Waals surface area contributed by atoms with E-state index in [4.69, 9.17) is 4.74 Å². The topological polar surface area (TPSA) is 62.1 Å². The summed E-state index contributed by atoms with van der Waals surface area (Å²) in [6, 6.07) is 13.1. The fourth-order valence-electron chi connectivity index (χ4n) is 2.21. The van der Waals surface area contributed by atoms with Crippen LogP contribution < -0.4 is 10.1 Å². The molecule has 0 heterocycles. The van der Waals surface area contributed by atoms with Crippen LogP contribution in [-0.4, -0.2) is 12.5 Å². The summed E-state index contributed by atoms with van der Waals surface area (Å²) >= 11 is 2.16. The molecule has 0 saturated heterocycles. The van der Waals surface area contributed by atoms with Crippen LogP contribution in [0.5, 0.6) is 5.75 Å². The first-order chi connectivity index (χ1) is 12.4. The molecule has 0 bridgehead atoms. The molecule has 4 nitrogen and oxygen atoms in total. The van der Waals surface area contributed by atoms with Crippen molar-refractivity contribution in [1.82, 2.24) is 0 Å². The second-order valence-electron chi connectivity index (χ2n) is 5.71. The minimum atomic E-state index is -0.433. The summed E-state index contributed by atoms with van der Waals surface area (Å²) < 4.78 is 6.42. The van der Waals surface area contributed by atoms with Gasteiger partial charge in [0.1, 0.15) is 24.0 Å². The second-order valence-corrected chi connectivity index (χ2v) is 6.87. The van der Waals surface area contributed by atoms with Gasteiger partial charge in [0.15, 0.2) is 0 Å². The van der Waals surface area contributed by atoms with E-state index in [0.717, 1.165) is 26.0 Å². The Bertz CT molecular complexity index is 911. The van der Waals surface area contributed by atoms with E-state index in [0.29, 0.717) is 12.3 Å². The van der Waals surface area contributed by atoms with E-state index >= 15 is 0 Å². The van der Waals surface area contributed by atoms with Crippen LogP contribution in [0.15, 0.2) is 54.6 Å². The highest BCUT2D eigenvalue weighted by Gasteiger charge is 2.11. The Balaban J connectivity index is 2.19. The predicted molar refractivity (Wildman–Crippen MR) is 113 cm³/mol. The number of rotatable bonds is 6. The Morgan fingerprint density at radius 2 is 2.04 bits per heavy atom. The van der Waals surface area contributed by atoms with Gasteiger partial charge in [-0.3, -0.25) is 4.79 Å². The fourth-order valence-corrected chi connectivity index (χ4v) is 2.90. The summed E-state index contributed by atoms with van der Waals surface area (Å²) in [5, 5.41) is 12.1. The Morgan fingerprint density at radius 3 is 2.65 bits per heavy atom. The third-order valence-electron chi connectivity index (χ3n) is 3.75. The van der Waals surface area contributed by atoms with E-state index in [2.05, 4.69) is 34.5 Å². The van der Waals surface area contributed by atoms with Gasteiger partial charge in [-0.1, -0.05) is 24.8 Å². The average Bonchev–Trinajstić information content (AvgIpc) is 2.62. The maximum atomic E-state index is 12.4. The molecule has 1 N–H and O–H groups in total. The first-order valence-corrected chi connectivity index (χ1v) is 9.06. The number of nitrogens with zero attached hydrogens (tertiary/aromatic N) is 1. The SMILES string of the molecule is C=CCOc1ccc(/C=C(\C#N)C(=O)Nc2ccc(C)c(C)c2)cc1I. The number of ether oxygens (including phenoxy) is 1. The molecule has 132 valence electrons. The Morgan fingerprint density at radius 1 is 1.27 bits per heavy atom. The van der Waals surface area contributed by atoms with Crippen LogP contribution in [0.1, 0.15) is 16.7 Å². The van der Waals surface area contributed by atoms with E-state index in [-0.39, 0.29) is 5.57 Å². The zero-order valence-corrected chi connectivity index (χ0v) is 16.8. The van der Waals surface area contributed by atoms with Crippen LogP contribution in [0.25, 0.3) is 6.08 Å². The van der Waals surface area contributed by atoms with E-state index in [9.17, 15) is 10.1 Å². The molecule has 2 aromatic rings. The summed E-state index contributed by atoms with van der Waals surface area (Å²) in [5.41, 5.74) is 3.69. The molecule has 2 rings (SSSR count). The zero-order valence-electron chi connectivity index (χ0n) is 14.7. The lowest BCUT2D eigenvalue weighted by Crippen LogP contribution is -2.13. The number of amides is 1. The van der Waals surface area contributed by atoms with Gasteiger partial charge in [0.25, 0.3) is 5.91 Å². The van der Waals surface area contributed by atoms with Gasteiger partial charge in [0.05, 0.1) is 3.57 Å². The van der Waals surface area contributed by atoms with Crippen molar-refractivity contribution in [3.8, 4) is 11.8 Å². The lowest BCUT2D eigenvalue weighted by molar-refractivity contribution is -0.112. The van der Waals surface area contributed by atoms with Gasteiger partial charge in [0.2, 0.25) is 0 Å². The quantitative estimate of drug-likeness (QED) is 0.286. The van der Waals surface area contributed by atoms with Crippen LogP contribution in [0.2, 0.25) is 0 Å². The van der Waals surface area contributed by atoms with Crippen molar-refractivity contribution in [2.45, 2.75) is 13.8 Å². The summed E-state index contributed by atoms with van der Waals surface area (Å²) in [6.07, 6.45) is 3.24. The van der Waals surface area contributed by atoms with Crippen molar-refractivity contribution < 1.29 is 9.53 Å². The average molecular weight is 458 g/mol.